The van der Waals surface area contributed by atoms with Crippen molar-refractivity contribution in [2.24, 2.45) is 0 Å². The molecule has 2 aliphatic rings. The number of fused-ring (bicyclic) bond motifs is 2. The third kappa shape index (κ3) is 3.77. The van der Waals surface area contributed by atoms with Crippen molar-refractivity contribution in [2.75, 3.05) is 20.1 Å². The molecular formula is C26H25F2N3O3. The lowest BCUT2D eigenvalue weighted by Crippen LogP contribution is -2.43. The van der Waals surface area contributed by atoms with Crippen molar-refractivity contribution < 1.29 is 23.5 Å². The largest absolute Gasteiger partial charge is 0.505 e. The highest BCUT2D eigenvalue weighted by atomic mass is 19.3. The van der Waals surface area contributed by atoms with Crippen LogP contribution >= 0.6 is 0 Å². The molecule has 0 aliphatic carbocycles. The molecule has 0 radical (unpaired) electrons. The van der Waals surface area contributed by atoms with Gasteiger partial charge in [0, 0.05) is 56.7 Å². The predicted octanol–water partition coefficient (Wildman–Crippen LogP) is 4.30. The van der Waals surface area contributed by atoms with Crippen LogP contribution < -0.4 is 0 Å². The number of phenols is 1. The second-order valence-electron chi connectivity index (χ2n) is 9.29. The molecule has 1 saturated heterocycles. The molecule has 0 atom stereocenters. The second kappa shape index (κ2) is 8.04. The van der Waals surface area contributed by atoms with E-state index in [-0.39, 0.29) is 47.9 Å². The molecule has 0 saturated carbocycles. The molecule has 1 fully saturated rings. The number of aromatic nitrogens is 1. The van der Waals surface area contributed by atoms with Crippen LogP contribution in [0.2, 0.25) is 0 Å². The fourth-order valence-electron chi connectivity index (χ4n) is 4.80. The van der Waals surface area contributed by atoms with Gasteiger partial charge >= 0.3 is 0 Å². The molecule has 3 aromatic rings. The lowest BCUT2D eigenvalue weighted by atomic mass is 9.93. The summed E-state index contributed by atoms with van der Waals surface area (Å²) in [4.78, 5) is 33.7. The van der Waals surface area contributed by atoms with Gasteiger partial charge in [0.05, 0.1) is 11.1 Å². The minimum Gasteiger partial charge on any atom is -0.505 e. The number of nitrogens with zero attached hydrogens (tertiary/aromatic N) is 3. The van der Waals surface area contributed by atoms with Gasteiger partial charge in [0.25, 0.3) is 17.7 Å². The smallest absolute Gasteiger partial charge is 0.258 e. The molecule has 0 bridgehead atoms. The van der Waals surface area contributed by atoms with Crippen LogP contribution in [-0.4, -0.2) is 57.8 Å². The van der Waals surface area contributed by atoms with E-state index in [0.717, 1.165) is 16.7 Å². The Bertz CT molecular complexity index is 1310. The molecular weight excluding hydrogens is 440 g/mol. The summed E-state index contributed by atoms with van der Waals surface area (Å²) < 4.78 is 27.4. The highest BCUT2D eigenvalue weighted by Gasteiger charge is 2.39. The average Bonchev–Trinajstić information content (AvgIpc) is 3.09. The number of halogens is 2. The van der Waals surface area contributed by atoms with E-state index in [4.69, 9.17) is 0 Å². The number of pyridine rings is 1. The average molecular weight is 466 g/mol. The third-order valence-corrected chi connectivity index (χ3v) is 6.76. The minimum absolute atomic E-state index is 0.0662. The maximum Gasteiger partial charge on any atom is 0.258 e. The number of alkyl halides is 2. The van der Waals surface area contributed by atoms with Crippen molar-refractivity contribution in [1.29, 1.82) is 0 Å². The Labute approximate surface area is 195 Å². The van der Waals surface area contributed by atoms with Crippen molar-refractivity contribution in [3.05, 3.63) is 69.9 Å². The first-order chi connectivity index (χ1) is 16.1. The van der Waals surface area contributed by atoms with Crippen molar-refractivity contribution in [3.63, 3.8) is 0 Å². The van der Waals surface area contributed by atoms with E-state index in [0.29, 0.717) is 17.4 Å². The van der Waals surface area contributed by atoms with Crippen LogP contribution in [0.3, 0.4) is 0 Å². The topological polar surface area (TPSA) is 73.7 Å². The minimum atomic E-state index is -2.78. The molecule has 6 nitrogen and oxygen atoms in total. The first-order valence-corrected chi connectivity index (χ1v) is 11.3. The predicted molar refractivity (Wildman–Crippen MR) is 123 cm³/mol. The Morgan fingerprint density at radius 1 is 1.15 bits per heavy atom. The van der Waals surface area contributed by atoms with E-state index in [1.165, 1.54) is 9.80 Å². The molecule has 2 aliphatic heterocycles. The first-order valence-electron chi connectivity index (χ1n) is 11.3. The number of hydrogen-bond acceptors (Lipinski definition) is 4. The zero-order valence-electron chi connectivity index (χ0n) is 19.1. The highest BCUT2D eigenvalue weighted by molar-refractivity contribution is 6.15. The van der Waals surface area contributed by atoms with E-state index in [2.05, 4.69) is 4.98 Å². The summed E-state index contributed by atoms with van der Waals surface area (Å²) in [7, 11) is 1.60. The monoisotopic (exact) mass is 465 g/mol. The fourth-order valence-corrected chi connectivity index (χ4v) is 4.80. The number of aryl methyl sites for hydroxylation is 1. The van der Waals surface area contributed by atoms with E-state index in [1.54, 1.807) is 13.2 Å². The maximum absolute atomic E-state index is 13.7. The van der Waals surface area contributed by atoms with Gasteiger partial charge in [-0.15, -0.1) is 0 Å². The number of carbonyl (C=O) groups is 2. The van der Waals surface area contributed by atoms with Crippen molar-refractivity contribution in [3.8, 4) is 5.75 Å². The molecule has 3 heterocycles. The maximum atomic E-state index is 13.7. The van der Waals surface area contributed by atoms with Crippen LogP contribution in [0.25, 0.3) is 10.9 Å². The van der Waals surface area contributed by atoms with E-state index in [1.807, 2.05) is 37.3 Å². The number of piperidine rings is 1. The molecule has 0 spiro atoms. The van der Waals surface area contributed by atoms with Crippen LogP contribution in [0.1, 0.15) is 55.8 Å². The molecule has 34 heavy (non-hydrogen) atoms. The Hall–Kier alpha value is -3.55. The van der Waals surface area contributed by atoms with Crippen LogP contribution in [-0.2, 0) is 13.0 Å². The van der Waals surface area contributed by atoms with Crippen molar-refractivity contribution >= 4 is 22.7 Å². The number of benzene rings is 2. The quantitative estimate of drug-likeness (QED) is 0.626. The Kier molecular flexibility index (Phi) is 5.26. The van der Waals surface area contributed by atoms with Crippen LogP contribution in [0.15, 0.2) is 36.5 Å². The summed E-state index contributed by atoms with van der Waals surface area (Å²) in [6.45, 7) is 2.04. The van der Waals surface area contributed by atoms with Crippen LogP contribution in [0.5, 0.6) is 5.75 Å². The van der Waals surface area contributed by atoms with Crippen LogP contribution in [0.4, 0.5) is 8.78 Å². The summed E-state index contributed by atoms with van der Waals surface area (Å²) in [5, 5.41) is 11.4. The van der Waals surface area contributed by atoms with Gasteiger partial charge in [-0.3, -0.25) is 14.6 Å². The van der Waals surface area contributed by atoms with Crippen LogP contribution in [0, 0.1) is 6.92 Å². The van der Waals surface area contributed by atoms with Crippen molar-refractivity contribution in [2.45, 2.75) is 38.7 Å². The van der Waals surface area contributed by atoms with E-state index >= 15 is 0 Å². The van der Waals surface area contributed by atoms with Crippen molar-refractivity contribution in [1.82, 2.24) is 14.8 Å². The lowest BCUT2D eigenvalue weighted by molar-refractivity contribution is -0.0494. The molecule has 8 heteroatoms. The van der Waals surface area contributed by atoms with Gasteiger partial charge < -0.3 is 14.9 Å². The molecule has 1 aromatic heterocycles. The summed E-state index contributed by atoms with van der Waals surface area (Å²) >= 11 is 0. The molecule has 5 rings (SSSR count). The standard InChI is InChI=1S/C26H25F2N3O3/c1-15-3-5-16(6-4-15)11-17-12-18-20(25(34)31-9-7-26(27,28)8-10-31)19-14-30(2)24(33)21(19)23(32)22(18)29-13-17/h3-6,12-13,32H,7-11,14H2,1-2H3. The highest BCUT2D eigenvalue weighted by Crippen LogP contribution is 2.40. The van der Waals surface area contributed by atoms with E-state index in [9.17, 15) is 23.5 Å². The lowest BCUT2D eigenvalue weighted by Gasteiger charge is -2.32. The Morgan fingerprint density at radius 3 is 2.50 bits per heavy atom. The number of aromatic hydroxyl groups is 1. The molecule has 2 aromatic carbocycles. The summed E-state index contributed by atoms with van der Waals surface area (Å²) in [6, 6.07) is 9.90. The van der Waals surface area contributed by atoms with Gasteiger partial charge in [0.1, 0.15) is 5.52 Å². The number of carbonyl (C=O) groups excluding carboxylic acids is 2. The van der Waals surface area contributed by atoms with Gasteiger partial charge in [-0.25, -0.2) is 8.78 Å². The van der Waals surface area contributed by atoms with E-state index < -0.39 is 24.7 Å². The van der Waals surface area contributed by atoms with Gasteiger partial charge in [0.2, 0.25) is 0 Å². The normalized spacial score (nSPS) is 17.4. The zero-order valence-corrected chi connectivity index (χ0v) is 19.1. The number of hydrogen-bond donors (Lipinski definition) is 1. The summed E-state index contributed by atoms with van der Waals surface area (Å²) in [5.41, 5.74) is 3.98. The molecule has 2 amide bonds. The molecule has 1 N–H and O–H groups in total. The zero-order chi connectivity index (χ0) is 24.2. The Balaban J connectivity index is 1.64. The number of phenolic OH excluding ortho intramolecular Hbond substituents is 1. The Morgan fingerprint density at radius 2 is 1.82 bits per heavy atom. The van der Waals surface area contributed by atoms with Gasteiger partial charge in [-0.2, -0.15) is 0 Å². The number of rotatable bonds is 3. The summed E-state index contributed by atoms with van der Waals surface area (Å²) in [6.07, 6.45) is 1.41. The fraction of sp³-hybridized carbons (Fsp3) is 0.346. The SMILES string of the molecule is Cc1ccc(Cc2cnc3c(O)c4c(c(C(=O)N5CCC(F)(F)CC5)c3c2)CN(C)C4=O)cc1. The first kappa shape index (κ1) is 22.3. The third-order valence-electron chi connectivity index (χ3n) is 6.76. The molecule has 176 valence electrons. The molecule has 0 unspecified atom stereocenters. The van der Waals surface area contributed by atoms with Gasteiger partial charge in [-0.05, 0) is 30.5 Å². The second-order valence-corrected chi connectivity index (χ2v) is 9.29. The number of amides is 2. The summed E-state index contributed by atoms with van der Waals surface area (Å²) in [5.74, 6) is -3.83. The van der Waals surface area contributed by atoms with Gasteiger partial charge in [-0.1, -0.05) is 29.8 Å². The number of likely N-dealkylation sites (tertiary alicyclic amines) is 1. The van der Waals surface area contributed by atoms with Gasteiger partial charge in [0.15, 0.2) is 5.75 Å².